The number of carbonyl (C=O) groups is 3. The van der Waals surface area contributed by atoms with Gasteiger partial charge in [0.1, 0.15) is 24.4 Å². The fourth-order valence-electron chi connectivity index (χ4n) is 6.53. The molecule has 9 heteroatoms. The van der Waals surface area contributed by atoms with Crippen LogP contribution in [0.15, 0.2) is 126 Å². The van der Waals surface area contributed by atoms with E-state index in [9.17, 15) is 19.5 Å². The van der Waals surface area contributed by atoms with Crippen molar-refractivity contribution in [2.75, 3.05) is 26.4 Å². The van der Waals surface area contributed by atoms with Gasteiger partial charge in [-0.05, 0) is 54.5 Å². The molecule has 274 valence electrons. The molecule has 2 amide bonds. The van der Waals surface area contributed by atoms with E-state index < -0.39 is 35.8 Å². The lowest BCUT2D eigenvalue weighted by Crippen LogP contribution is -2.46. The van der Waals surface area contributed by atoms with Crippen LogP contribution in [0.1, 0.15) is 45.0 Å². The van der Waals surface area contributed by atoms with Gasteiger partial charge in [0.25, 0.3) is 0 Å². The Kier molecular flexibility index (Phi) is 13.0. The minimum Gasteiger partial charge on any atom is -0.457 e. The fraction of sp³-hybridized carbons (Fsp3) is 0.295. The Balaban J connectivity index is 1.20. The van der Waals surface area contributed by atoms with Crippen LogP contribution in [0.25, 0.3) is 11.1 Å². The molecule has 0 spiro atoms. The van der Waals surface area contributed by atoms with Crippen LogP contribution in [-0.4, -0.2) is 66.4 Å². The predicted octanol–water partition coefficient (Wildman–Crippen LogP) is 7.41. The normalized spacial score (nSPS) is 15.2. The van der Waals surface area contributed by atoms with Crippen LogP contribution in [0.2, 0.25) is 0 Å². The third-order valence-corrected chi connectivity index (χ3v) is 9.32. The van der Waals surface area contributed by atoms with E-state index >= 15 is 0 Å². The first kappa shape index (κ1) is 37.4. The zero-order chi connectivity index (χ0) is 37.0. The van der Waals surface area contributed by atoms with Crippen molar-refractivity contribution < 1.29 is 38.1 Å². The molecule has 0 saturated carbocycles. The highest BCUT2D eigenvalue weighted by molar-refractivity contribution is 6.12. The first-order chi connectivity index (χ1) is 25.9. The standard InChI is InChI=1S/C44H45NO8/c1-31-13-11-20-35(23-31)38-26-41(53-40(38)21-12-22-50-30-37(27-46)51-28-34-18-9-4-10-19-34)42(47)39(25-33-16-7-3-8-17-33)43(48)45-36(29-52-44(45)49)24-32-14-5-2-6-15-32/h2-11,13-20,23,26,36-37,39,46H,12,21-22,24-25,27-30H2,1H3. The topological polar surface area (TPSA) is 116 Å². The van der Waals surface area contributed by atoms with Crippen LogP contribution in [0.5, 0.6) is 0 Å². The molecule has 5 aromatic rings. The van der Waals surface area contributed by atoms with E-state index in [-0.39, 0.29) is 32.0 Å². The maximum atomic E-state index is 14.5. The predicted molar refractivity (Wildman–Crippen MR) is 200 cm³/mol. The highest BCUT2D eigenvalue weighted by Gasteiger charge is 2.44. The number of cyclic esters (lactones) is 1. The minimum atomic E-state index is -1.22. The van der Waals surface area contributed by atoms with Crippen LogP contribution < -0.4 is 0 Å². The maximum absolute atomic E-state index is 14.5. The summed E-state index contributed by atoms with van der Waals surface area (Å²) in [5.74, 6) is -1.70. The second-order valence-electron chi connectivity index (χ2n) is 13.3. The molecule has 1 aliphatic rings. The summed E-state index contributed by atoms with van der Waals surface area (Å²) < 4.78 is 23.4. The number of benzene rings is 4. The number of aliphatic hydroxyl groups excluding tert-OH is 1. The Labute approximate surface area is 310 Å². The van der Waals surface area contributed by atoms with Gasteiger partial charge >= 0.3 is 6.09 Å². The quantitative estimate of drug-likeness (QED) is 0.0567. The summed E-state index contributed by atoms with van der Waals surface area (Å²) in [4.78, 5) is 43.0. The van der Waals surface area contributed by atoms with Crippen molar-refractivity contribution >= 4 is 17.8 Å². The lowest BCUT2D eigenvalue weighted by Gasteiger charge is -2.24. The second kappa shape index (κ2) is 18.4. The molecule has 2 heterocycles. The molecular formula is C44H45NO8. The number of carbonyl (C=O) groups excluding carboxylic acids is 3. The molecule has 3 atom stereocenters. The van der Waals surface area contributed by atoms with Gasteiger partial charge in [-0.25, -0.2) is 9.69 Å². The van der Waals surface area contributed by atoms with Crippen LogP contribution >= 0.6 is 0 Å². The number of amides is 2. The molecule has 9 nitrogen and oxygen atoms in total. The lowest BCUT2D eigenvalue weighted by atomic mass is 9.91. The van der Waals surface area contributed by atoms with Crippen molar-refractivity contribution in [1.82, 2.24) is 4.90 Å². The molecule has 1 aliphatic heterocycles. The number of hydrogen-bond donors (Lipinski definition) is 1. The summed E-state index contributed by atoms with van der Waals surface area (Å²) in [5.41, 5.74) is 5.43. The molecule has 1 aromatic heterocycles. The number of furan rings is 1. The number of hydrogen-bond acceptors (Lipinski definition) is 8. The Morgan fingerprint density at radius 3 is 2.23 bits per heavy atom. The Morgan fingerprint density at radius 1 is 0.868 bits per heavy atom. The first-order valence-corrected chi connectivity index (χ1v) is 18.1. The van der Waals surface area contributed by atoms with Gasteiger partial charge < -0.3 is 23.7 Å². The molecule has 0 radical (unpaired) electrons. The summed E-state index contributed by atoms with van der Waals surface area (Å²) in [6.45, 7) is 2.85. The van der Waals surface area contributed by atoms with Crippen molar-refractivity contribution in [1.29, 1.82) is 0 Å². The van der Waals surface area contributed by atoms with Gasteiger partial charge in [0.15, 0.2) is 5.76 Å². The maximum Gasteiger partial charge on any atom is 0.417 e. The van der Waals surface area contributed by atoms with Gasteiger partial charge in [0.05, 0.1) is 25.9 Å². The van der Waals surface area contributed by atoms with Gasteiger partial charge in [-0.2, -0.15) is 0 Å². The van der Waals surface area contributed by atoms with Gasteiger partial charge in [0, 0.05) is 18.6 Å². The number of ketones is 1. The number of aryl methyl sites for hydroxylation is 2. The number of nitrogens with zero attached hydrogens (tertiary/aromatic N) is 1. The van der Waals surface area contributed by atoms with Gasteiger partial charge in [-0.1, -0.05) is 121 Å². The number of rotatable bonds is 18. The van der Waals surface area contributed by atoms with Crippen molar-refractivity contribution in [2.45, 2.75) is 51.4 Å². The molecule has 1 N–H and O–H groups in total. The highest BCUT2D eigenvalue weighted by atomic mass is 16.6. The summed E-state index contributed by atoms with van der Waals surface area (Å²) >= 11 is 0. The number of ether oxygens (including phenoxy) is 3. The molecule has 3 unspecified atom stereocenters. The largest absolute Gasteiger partial charge is 0.457 e. The van der Waals surface area contributed by atoms with E-state index in [0.29, 0.717) is 38.2 Å². The van der Waals surface area contributed by atoms with Crippen molar-refractivity contribution in [3.8, 4) is 11.1 Å². The van der Waals surface area contributed by atoms with E-state index in [1.54, 1.807) is 6.07 Å². The zero-order valence-electron chi connectivity index (χ0n) is 29.9. The van der Waals surface area contributed by atoms with Crippen molar-refractivity contribution in [3.63, 3.8) is 0 Å². The van der Waals surface area contributed by atoms with Crippen LogP contribution in [-0.2, 0) is 44.9 Å². The summed E-state index contributed by atoms with van der Waals surface area (Å²) in [7, 11) is 0. The molecule has 0 bridgehead atoms. The fourth-order valence-corrected chi connectivity index (χ4v) is 6.53. The van der Waals surface area contributed by atoms with Crippen LogP contribution in [0.4, 0.5) is 4.79 Å². The summed E-state index contributed by atoms with van der Waals surface area (Å²) in [5, 5.41) is 9.82. The molecule has 1 saturated heterocycles. The van der Waals surface area contributed by atoms with Crippen LogP contribution in [0, 0.1) is 12.8 Å². The molecule has 0 aliphatic carbocycles. The van der Waals surface area contributed by atoms with Crippen LogP contribution in [0.3, 0.4) is 0 Å². The van der Waals surface area contributed by atoms with E-state index in [1.807, 2.05) is 122 Å². The van der Waals surface area contributed by atoms with Crippen molar-refractivity contribution in [2.24, 2.45) is 5.92 Å². The van der Waals surface area contributed by atoms with Gasteiger partial charge in [-0.3, -0.25) is 9.59 Å². The zero-order valence-corrected chi connectivity index (χ0v) is 29.9. The van der Waals surface area contributed by atoms with Crippen molar-refractivity contribution in [3.05, 3.63) is 155 Å². The van der Waals surface area contributed by atoms with Gasteiger partial charge in [0.2, 0.25) is 11.7 Å². The second-order valence-corrected chi connectivity index (χ2v) is 13.3. The average Bonchev–Trinajstić information content (AvgIpc) is 3.78. The SMILES string of the molecule is Cc1cccc(-c2cc(C(=O)C(Cc3ccccc3)C(=O)N3C(=O)OCC3Cc3ccccc3)oc2CCCOCC(CO)OCc2ccccc2)c1. The van der Waals surface area contributed by atoms with Gasteiger partial charge in [-0.15, -0.1) is 0 Å². The molecular weight excluding hydrogens is 670 g/mol. The first-order valence-electron chi connectivity index (χ1n) is 18.1. The Bertz CT molecular complexity index is 1940. The Hall–Kier alpha value is -5.35. The monoisotopic (exact) mass is 715 g/mol. The Morgan fingerprint density at radius 2 is 1.55 bits per heavy atom. The van der Waals surface area contributed by atoms with E-state index in [1.165, 1.54) is 0 Å². The number of imide groups is 1. The third kappa shape index (κ3) is 9.96. The van der Waals surface area contributed by atoms with E-state index in [4.69, 9.17) is 18.6 Å². The number of aliphatic hydroxyl groups is 1. The highest BCUT2D eigenvalue weighted by Crippen LogP contribution is 2.32. The van der Waals surface area contributed by atoms with E-state index in [0.717, 1.165) is 38.3 Å². The third-order valence-electron chi connectivity index (χ3n) is 9.32. The summed E-state index contributed by atoms with van der Waals surface area (Å²) in [6, 6.07) is 37.7. The minimum absolute atomic E-state index is 0.0496. The molecule has 1 fully saturated rings. The van der Waals surface area contributed by atoms with E-state index in [2.05, 4.69) is 0 Å². The molecule has 53 heavy (non-hydrogen) atoms. The smallest absolute Gasteiger partial charge is 0.417 e. The average molecular weight is 716 g/mol. The summed E-state index contributed by atoms with van der Waals surface area (Å²) in [6.07, 6.45) is 0.307. The lowest BCUT2D eigenvalue weighted by molar-refractivity contribution is -0.131. The molecule has 4 aromatic carbocycles. The number of Topliss-reactive ketones (excluding diaryl/α,β-unsaturated/α-hetero) is 1. The molecule has 6 rings (SSSR count).